The molecule has 0 saturated carbocycles. The van der Waals surface area contributed by atoms with Gasteiger partial charge in [0.15, 0.2) is 0 Å². The van der Waals surface area contributed by atoms with Crippen molar-refractivity contribution in [2.24, 2.45) is 0 Å². The number of hydrogen-bond donors (Lipinski definition) is 1. The van der Waals surface area contributed by atoms with Crippen LogP contribution in [0.2, 0.25) is 0 Å². The number of non-ortho nitro benzene ring substituents is 1. The second-order valence-corrected chi connectivity index (χ2v) is 4.63. The standard InChI is InChI=1S/C12H16N4O4/c17-15(18)10-3-4-11(12(9-10)16(19)20)14-7-1-5-13-6-2-8-14/h3-4,9,13H,1-2,5-8H2. The molecule has 1 aromatic rings. The van der Waals surface area contributed by atoms with E-state index in [4.69, 9.17) is 0 Å². The van der Waals surface area contributed by atoms with Crippen LogP contribution in [0.3, 0.4) is 0 Å². The summed E-state index contributed by atoms with van der Waals surface area (Å²) in [7, 11) is 0. The van der Waals surface area contributed by atoms with Crippen molar-refractivity contribution < 1.29 is 9.85 Å². The van der Waals surface area contributed by atoms with Gasteiger partial charge in [0.05, 0.1) is 15.9 Å². The molecule has 1 aromatic carbocycles. The van der Waals surface area contributed by atoms with Crippen molar-refractivity contribution in [3.8, 4) is 0 Å². The van der Waals surface area contributed by atoms with Crippen LogP contribution in [0.5, 0.6) is 0 Å². The highest BCUT2D eigenvalue weighted by molar-refractivity contribution is 5.66. The van der Waals surface area contributed by atoms with E-state index in [1.54, 1.807) is 0 Å². The minimum atomic E-state index is -0.617. The van der Waals surface area contributed by atoms with Crippen molar-refractivity contribution in [2.45, 2.75) is 12.8 Å². The predicted octanol–water partition coefficient (Wildman–Crippen LogP) is 1.69. The third-order valence-corrected chi connectivity index (χ3v) is 3.27. The van der Waals surface area contributed by atoms with E-state index in [0.29, 0.717) is 18.8 Å². The Kier molecular flexibility index (Phi) is 4.46. The van der Waals surface area contributed by atoms with E-state index < -0.39 is 9.85 Å². The molecule has 0 atom stereocenters. The molecule has 1 aliphatic rings. The van der Waals surface area contributed by atoms with Crippen LogP contribution in [0.1, 0.15) is 12.8 Å². The fourth-order valence-electron chi connectivity index (χ4n) is 2.31. The van der Waals surface area contributed by atoms with Gasteiger partial charge >= 0.3 is 0 Å². The average molecular weight is 280 g/mol. The summed E-state index contributed by atoms with van der Waals surface area (Å²) in [6, 6.07) is 3.83. The SMILES string of the molecule is O=[N+]([O-])c1ccc(N2CCCNCCC2)c([N+](=O)[O-])c1. The Morgan fingerprint density at radius 3 is 2.25 bits per heavy atom. The molecule has 1 N–H and O–H groups in total. The molecule has 1 fully saturated rings. The van der Waals surface area contributed by atoms with Gasteiger partial charge in [-0.05, 0) is 32.0 Å². The molecular weight excluding hydrogens is 264 g/mol. The van der Waals surface area contributed by atoms with Gasteiger partial charge in [-0.2, -0.15) is 0 Å². The molecule has 2 rings (SSSR count). The monoisotopic (exact) mass is 280 g/mol. The Bertz CT molecular complexity index is 512. The smallest absolute Gasteiger partial charge is 0.299 e. The van der Waals surface area contributed by atoms with E-state index in [0.717, 1.165) is 32.0 Å². The molecule has 1 heterocycles. The summed E-state index contributed by atoms with van der Waals surface area (Å²) in [5.74, 6) is 0. The van der Waals surface area contributed by atoms with Crippen molar-refractivity contribution in [1.82, 2.24) is 5.32 Å². The maximum atomic E-state index is 11.1. The van der Waals surface area contributed by atoms with Gasteiger partial charge in [-0.3, -0.25) is 20.2 Å². The van der Waals surface area contributed by atoms with Crippen LogP contribution in [0.4, 0.5) is 17.1 Å². The van der Waals surface area contributed by atoms with Gasteiger partial charge in [-0.25, -0.2) is 0 Å². The molecule has 108 valence electrons. The maximum Gasteiger partial charge on any atom is 0.299 e. The summed E-state index contributed by atoms with van der Waals surface area (Å²) >= 11 is 0. The van der Waals surface area contributed by atoms with E-state index in [1.165, 1.54) is 12.1 Å². The lowest BCUT2D eigenvalue weighted by Crippen LogP contribution is -2.34. The number of nitrogens with one attached hydrogen (secondary N) is 1. The first-order valence-corrected chi connectivity index (χ1v) is 6.48. The van der Waals surface area contributed by atoms with Crippen LogP contribution < -0.4 is 10.2 Å². The number of anilines is 1. The van der Waals surface area contributed by atoms with Crippen molar-refractivity contribution in [3.05, 3.63) is 38.4 Å². The highest BCUT2D eigenvalue weighted by Crippen LogP contribution is 2.32. The highest BCUT2D eigenvalue weighted by Gasteiger charge is 2.23. The lowest BCUT2D eigenvalue weighted by molar-refractivity contribution is -0.393. The van der Waals surface area contributed by atoms with Gasteiger partial charge in [0, 0.05) is 19.2 Å². The van der Waals surface area contributed by atoms with Gasteiger partial charge in [-0.15, -0.1) is 0 Å². The molecule has 0 aromatic heterocycles. The number of rotatable bonds is 3. The Morgan fingerprint density at radius 1 is 1.05 bits per heavy atom. The number of nitrogens with zero attached hydrogens (tertiary/aromatic N) is 3. The van der Waals surface area contributed by atoms with Gasteiger partial charge in [0.25, 0.3) is 11.4 Å². The van der Waals surface area contributed by atoms with Crippen LogP contribution in [0.15, 0.2) is 18.2 Å². The van der Waals surface area contributed by atoms with Crippen molar-refractivity contribution in [3.63, 3.8) is 0 Å². The molecular formula is C12H16N4O4. The Balaban J connectivity index is 2.33. The molecule has 0 bridgehead atoms. The number of hydrogen-bond acceptors (Lipinski definition) is 6. The Labute approximate surface area is 115 Å². The zero-order valence-electron chi connectivity index (χ0n) is 10.9. The predicted molar refractivity (Wildman–Crippen MR) is 74.1 cm³/mol. The molecule has 0 aliphatic carbocycles. The second-order valence-electron chi connectivity index (χ2n) is 4.63. The molecule has 0 radical (unpaired) electrons. The lowest BCUT2D eigenvalue weighted by Gasteiger charge is -2.26. The van der Waals surface area contributed by atoms with Crippen molar-refractivity contribution >= 4 is 17.1 Å². The van der Waals surface area contributed by atoms with Gasteiger partial charge in [0.1, 0.15) is 5.69 Å². The van der Waals surface area contributed by atoms with Gasteiger partial charge in [0.2, 0.25) is 0 Å². The van der Waals surface area contributed by atoms with E-state index in [9.17, 15) is 20.2 Å². The number of nitro benzene ring substituents is 2. The zero-order valence-corrected chi connectivity index (χ0v) is 10.9. The first-order chi connectivity index (χ1) is 9.59. The van der Waals surface area contributed by atoms with E-state index >= 15 is 0 Å². The molecule has 20 heavy (non-hydrogen) atoms. The summed E-state index contributed by atoms with van der Waals surface area (Å²) < 4.78 is 0. The molecule has 1 aliphatic heterocycles. The van der Waals surface area contributed by atoms with Crippen LogP contribution >= 0.6 is 0 Å². The largest absolute Gasteiger partial charge is 0.366 e. The van der Waals surface area contributed by atoms with E-state index in [1.807, 2.05) is 4.90 Å². The molecule has 0 spiro atoms. The third kappa shape index (κ3) is 3.21. The van der Waals surface area contributed by atoms with Crippen LogP contribution in [-0.2, 0) is 0 Å². The topological polar surface area (TPSA) is 102 Å². The van der Waals surface area contributed by atoms with Gasteiger partial charge in [-0.1, -0.05) is 0 Å². The zero-order chi connectivity index (χ0) is 14.5. The average Bonchev–Trinajstić information content (AvgIpc) is 2.37. The minimum Gasteiger partial charge on any atom is -0.366 e. The molecule has 1 saturated heterocycles. The number of benzene rings is 1. The quantitative estimate of drug-likeness (QED) is 0.667. The summed E-state index contributed by atoms with van der Waals surface area (Å²) in [5.41, 5.74) is 0.00407. The summed E-state index contributed by atoms with van der Waals surface area (Å²) in [4.78, 5) is 22.6. The van der Waals surface area contributed by atoms with Crippen LogP contribution in [0.25, 0.3) is 0 Å². The summed E-state index contributed by atoms with van der Waals surface area (Å²) in [6.07, 6.45) is 1.77. The fraction of sp³-hybridized carbons (Fsp3) is 0.500. The highest BCUT2D eigenvalue weighted by atomic mass is 16.6. The molecule has 0 unspecified atom stereocenters. The molecule has 8 heteroatoms. The summed E-state index contributed by atoms with van der Waals surface area (Å²) in [5, 5.41) is 25.1. The lowest BCUT2D eigenvalue weighted by atomic mass is 10.2. The van der Waals surface area contributed by atoms with Crippen LogP contribution in [-0.4, -0.2) is 36.0 Å². The first kappa shape index (κ1) is 14.2. The molecule has 0 amide bonds. The van der Waals surface area contributed by atoms with Crippen LogP contribution in [0, 0.1) is 20.2 Å². The van der Waals surface area contributed by atoms with E-state index in [-0.39, 0.29) is 11.4 Å². The fourth-order valence-corrected chi connectivity index (χ4v) is 2.31. The molecule has 8 nitrogen and oxygen atoms in total. The number of nitro groups is 2. The normalized spacial score (nSPS) is 16.3. The Morgan fingerprint density at radius 2 is 1.70 bits per heavy atom. The van der Waals surface area contributed by atoms with E-state index in [2.05, 4.69) is 5.32 Å². The maximum absolute atomic E-state index is 11.1. The third-order valence-electron chi connectivity index (χ3n) is 3.27. The van der Waals surface area contributed by atoms with Gasteiger partial charge < -0.3 is 10.2 Å². The second kappa shape index (κ2) is 6.29. The summed E-state index contributed by atoms with van der Waals surface area (Å²) in [6.45, 7) is 3.14. The Hall–Kier alpha value is -2.22. The first-order valence-electron chi connectivity index (χ1n) is 6.48. The van der Waals surface area contributed by atoms with Crippen molar-refractivity contribution in [2.75, 3.05) is 31.1 Å². The minimum absolute atomic E-state index is 0.201. The van der Waals surface area contributed by atoms with Crippen molar-refractivity contribution in [1.29, 1.82) is 0 Å².